The maximum atomic E-state index is 11.9. The Morgan fingerprint density at radius 2 is 2.19 bits per heavy atom. The highest BCUT2D eigenvalue weighted by Gasteiger charge is 2.32. The van der Waals surface area contributed by atoms with Crippen molar-refractivity contribution in [3.8, 4) is 0 Å². The smallest absolute Gasteiger partial charge is 0.232 e. The molecule has 0 radical (unpaired) electrons. The summed E-state index contributed by atoms with van der Waals surface area (Å²) in [5.74, 6) is 0.710. The van der Waals surface area contributed by atoms with Gasteiger partial charge >= 0.3 is 0 Å². The Hall–Kier alpha value is -1.07. The van der Waals surface area contributed by atoms with Crippen molar-refractivity contribution in [3.63, 3.8) is 0 Å². The number of piperidine rings is 1. The molecule has 0 aliphatic carbocycles. The van der Waals surface area contributed by atoms with Crippen LogP contribution < -0.4 is 9.62 Å². The average molecular weight is 308 g/mol. The number of sulfonamides is 1. The van der Waals surface area contributed by atoms with E-state index in [0.29, 0.717) is 5.92 Å². The predicted octanol–water partition coefficient (Wildman–Crippen LogP) is 1.94. The van der Waals surface area contributed by atoms with E-state index in [0.717, 1.165) is 31.6 Å². The van der Waals surface area contributed by atoms with Crippen molar-refractivity contribution in [2.24, 2.45) is 5.92 Å². The van der Waals surface area contributed by atoms with Crippen LogP contribution in [0.3, 0.4) is 0 Å². The molecule has 2 heterocycles. The van der Waals surface area contributed by atoms with Gasteiger partial charge in [0, 0.05) is 6.04 Å². The van der Waals surface area contributed by atoms with E-state index in [2.05, 4.69) is 17.4 Å². The summed E-state index contributed by atoms with van der Waals surface area (Å²) in [4.78, 5) is 0. The lowest BCUT2D eigenvalue weighted by Gasteiger charge is -2.23. The fraction of sp³-hybridized carbons (Fsp3) is 0.625. The van der Waals surface area contributed by atoms with Gasteiger partial charge in [-0.25, -0.2) is 8.42 Å². The topological polar surface area (TPSA) is 49.4 Å². The minimum atomic E-state index is -3.18. The molecule has 3 rings (SSSR count). The minimum absolute atomic E-state index is 0.0293. The first kappa shape index (κ1) is 14.9. The van der Waals surface area contributed by atoms with Crippen LogP contribution in [-0.2, 0) is 22.9 Å². The monoisotopic (exact) mass is 308 g/mol. The first-order valence-electron chi connectivity index (χ1n) is 7.77. The lowest BCUT2D eigenvalue weighted by molar-refractivity contribution is 0.376. The molecule has 1 aromatic carbocycles. The summed E-state index contributed by atoms with van der Waals surface area (Å²) in [7, 11) is -3.18. The SMILES string of the molecule is CC1Cc2cc(CC3CCCNC3)ccc2N1S(C)(=O)=O. The lowest BCUT2D eigenvalue weighted by atomic mass is 9.91. The van der Waals surface area contributed by atoms with Gasteiger partial charge in [-0.05, 0) is 68.8 Å². The van der Waals surface area contributed by atoms with E-state index in [-0.39, 0.29) is 6.04 Å². The molecule has 2 aliphatic heterocycles. The fourth-order valence-electron chi connectivity index (χ4n) is 3.72. The molecule has 0 spiro atoms. The fourth-order valence-corrected chi connectivity index (χ4v) is 4.98. The van der Waals surface area contributed by atoms with Crippen molar-refractivity contribution in [2.45, 2.75) is 38.6 Å². The van der Waals surface area contributed by atoms with Crippen LogP contribution >= 0.6 is 0 Å². The third-order valence-electron chi connectivity index (χ3n) is 4.58. The number of rotatable bonds is 3. The second-order valence-electron chi connectivity index (χ2n) is 6.49. The highest BCUT2D eigenvalue weighted by molar-refractivity contribution is 7.92. The number of benzene rings is 1. The van der Waals surface area contributed by atoms with Crippen LogP contribution in [-0.4, -0.2) is 33.8 Å². The van der Waals surface area contributed by atoms with Crippen molar-refractivity contribution < 1.29 is 8.42 Å². The number of hydrogen-bond donors (Lipinski definition) is 1. The van der Waals surface area contributed by atoms with Crippen LogP contribution in [0.1, 0.15) is 30.9 Å². The molecule has 5 heteroatoms. The normalized spacial score (nSPS) is 25.9. The zero-order valence-electron chi connectivity index (χ0n) is 12.8. The molecule has 116 valence electrons. The van der Waals surface area contributed by atoms with Crippen LogP contribution in [0.15, 0.2) is 18.2 Å². The highest BCUT2D eigenvalue weighted by Crippen LogP contribution is 2.35. The molecule has 0 saturated carbocycles. The number of anilines is 1. The Balaban J connectivity index is 1.81. The molecule has 0 bridgehead atoms. The van der Waals surface area contributed by atoms with Crippen molar-refractivity contribution in [2.75, 3.05) is 23.7 Å². The molecular formula is C16H24N2O2S. The van der Waals surface area contributed by atoms with Gasteiger partial charge in [0.1, 0.15) is 0 Å². The summed E-state index contributed by atoms with van der Waals surface area (Å²) >= 11 is 0. The third kappa shape index (κ3) is 3.09. The van der Waals surface area contributed by atoms with Crippen LogP contribution in [0, 0.1) is 5.92 Å². The standard InChI is InChI=1S/C16H24N2O2S/c1-12-8-15-10-13(9-14-4-3-7-17-11-14)5-6-16(15)18(12)21(2,19)20/h5-6,10,12,14,17H,3-4,7-9,11H2,1-2H3. The molecular weight excluding hydrogens is 284 g/mol. The summed E-state index contributed by atoms with van der Waals surface area (Å²) in [6.07, 6.45) is 5.75. The van der Waals surface area contributed by atoms with E-state index in [9.17, 15) is 8.42 Å². The second kappa shape index (κ2) is 5.61. The van der Waals surface area contributed by atoms with E-state index in [1.807, 2.05) is 13.0 Å². The molecule has 2 unspecified atom stereocenters. The van der Waals surface area contributed by atoms with Gasteiger partial charge in [-0.1, -0.05) is 12.1 Å². The average Bonchev–Trinajstić information content (AvgIpc) is 2.74. The third-order valence-corrected chi connectivity index (χ3v) is 5.85. The summed E-state index contributed by atoms with van der Waals surface area (Å²) < 4.78 is 25.4. The van der Waals surface area contributed by atoms with Crippen LogP contribution in [0.5, 0.6) is 0 Å². The molecule has 1 aromatic rings. The maximum absolute atomic E-state index is 11.9. The van der Waals surface area contributed by atoms with Crippen LogP contribution in [0.25, 0.3) is 0 Å². The minimum Gasteiger partial charge on any atom is -0.316 e. The molecule has 1 N–H and O–H groups in total. The Bertz CT molecular complexity index is 621. The lowest BCUT2D eigenvalue weighted by Crippen LogP contribution is -2.34. The summed E-state index contributed by atoms with van der Waals surface area (Å²) in [6.45, 7) is 4.22. The number of nitrogens with zero attached hydrogens (tertiary/aromatic N) is 1. The van der Waals surface area contributed by atoms with Crippen LogP contribution in [0.2, 0.25) is 0 Å². The number of nitrogens with one attached hydrogen (secondary N) is 1. The molecule has 4 nitrogen and oxygen atoms in total. The van der Waals surface area contributed by atoms with Crippen molar-refractivity contribution >= 4 is 15.7 Å². The van der Waals surface area contributed by atoms with Crippen LogP contribution in [0.4, 0.5) is 5.69 Å². The summed E-state index contributed by atoms with van der Waals surface area (Å²) in [5, 5.41) is 3.45. The summed E-state index contributed by atoms with van der Waals surface area (Å²) in [5.41, 5.74) is 3.38. The first-order chi connectivity index (χ1) is 9.95. The Morgan fingerprint density at radius 3 is 2.86 bits per heavy atom. The van der Waals surface area contributed by atoms with Gasteiger partial charge in [0.15, 0.2) is 0 Å². The quantitative estimate of drug-likeness (QED) is 0.928. The maximum Gasteiger partial charge on any atom is 0.232 e. The zero-order valence-corrected chi connectivity index (χ0v) is 13.6. The molecule has 0 aromatic heterocycles. The highest BCUT2D eigenvalue weighted by atomic mass is 32.2. The number of hydrogen-bond acceptors (Lipinski definition) is 3. The Morgan fingerprint density at radius 1 is 1.38 bits per heavy atom. The first-order valence-corrected chi connectivity index (χ1v) is 9.62. The van der Waals surface area contributed by atoms with Crippen molar-refractivity contribution in [3.05, 3.63) is 29.3 Å². The molecule has 1 fully saturated rings. The van der Waals surface area contributed by atoms with E-state index >= 15 is 0 Å². The zero-order chi connectivity index (χ0) is 15.0. The van der Waals surface area contributed by atoms with Gasteiger partial charge in [-0.15, -0.1) is 0 Å². The van der Waals surface area contributed by atoms with Gasteiger partial charge in [0.25, 0.3) is 0 Å². The number of fused-ring (bicyclic) bond motifs is 1. The van der Waals surface area contributed by atoms with E-state index in [4.69, 9.17) is 0 Å². The van der Waals surface area contributed by atoms with Gasteiger partial charge in [-0.2, -0.15) is 0 Å². The molecule has 2 aliphatic rings. The van der Waals surface area contributed by atoms with E-state index < -0.39 is 10.0 Å². The van der Waals surface area contributed by atoms with E-state index in [1.54, 1.807) is 4.31 Å². The van der Waals surface area contributed by atoms with Crippen molar-refractivity contribution in [1.82, 2.24) is 5.32 Å². The van der Waals surface area contributed by atoms with Gasteiger partial charge < -0.3 is 5.32 Å². The van der Waals surface area contributed by atoms with Crippen molar-refractivity contribution in [1.29, 1.82) is 0 Å². The van der Waals surface area contributed by atoms with Gasteiger partial charge in [0.2, 0.25) is 10.0 Å². The molecule has 0 amide bonds. The predicted molar refractivity (Wildman–Crippen MR) is 86.2 cm³/mol. The Kier molecular flexibility index (Phi) is 3.97. The molecule has 1 saturated heterocycles. The second-order valence-corrected chi connectivity index (χ2v) is 8.35. The van der Waals surface area contributed by atoms with Gasteiger partial charge in [-0.3, -0.25) is 4.31 Å². The summed E-state index contributed by atoms with van der Waals surface area (Å²) in [6, 6.07) is 6.34. The molecule has 2 atom stereocenters. The molecule has 21 heavy (non-hydrogen) atoms. The Labute approximate surface area is 127 Å². The van der Waals surface area contributed by atoms with E-state index in [1.165, 1.54) is 30.2 Å². The largest absolute Gasteiger partial charge is 0.316 e. The van der Waals surface area contributed by atoms with Gasteiger partial charge in [0.05, 0.1) is 11.9 Å².